The lowest BCUT2D eigenvalue weighted by Gasteiger charge is -2.11. The first kappa shape index (κ1) is 14.0. The van der Waals surface area contributed by atoms with Crippen molar-refractivity contribution in [3.63, 3.8) is 0 Å². The topological polar surface area (TPSA) is 30.5 Å². The molecule has 0 aromatic heterocycles. The molecule has 0 aliphatic carbocycles. The molecular formula is C14H23NO2. The van der Waals surface area contributed by atoms with Gasteiger partial charge in [0.15, 0.2) is 0 Å². The number of benzene rings is 1. The highest BCUT2D eigenvalue weighted by Gasteiger charge is 1.97. The van der Waals surface area contributed by atoms with Gasteiger partial charge in [0.05, 0.1) is 12.7 Å². The number of nitrogens with one attached hydrogen (secondary N) is 1. The van der Waals surface area contributed by atoms with Gasteiger partial charge in [-0.15, -0.1) is 0 Å². The van der Waals surface area contributed by atoms with E-state index in [4.69, 9.17) is 9.47 Å². The van der Waals surface area contributed by atoms with Gasteiger partial charge in [-0.05, 0) is 45.4 Å². The monoisotopic (exact) mass is 237 g/mol. The van der Waals surface area contributed by atoms with Gasteiger partial charge < -0.3 is 14.8 Å². The van der Waals surface area contributed by atoms with E-state index in [-0.39, 0.29) is 6.10 Å². The first-order chi connectivity index (χ1) is 8.08. The fraction of sp³-hybridized carbons (Fsp3) is 0.571. The van der Waals surface area contributed by atoms with Gasteiger partial charge in [-0.2, -0.15) is 0 Å². The summed E-state index contributed by atoms with van der Waals surface area (Å²) in [4.78, 5) is 0. The molecule has 0 aliphatic rings. The Morgan fingerprint density at radius 1 is 1.06 bits per heavy atom. The van der Waals surface area contributed by atoms with Crippen molar-refractivity contribution in [1.82, 2.24) is 0 Å². The summed E-state index contributed by atoms with van der Waals surface area (Å²) in [6, 6.07) is 8.74. The molecule has 3 heteroatoms. The number of rotatable bonds is 7. The molecule has 0 amide bonds. The van der Waals surface area contributed by atoms with Gasteiger partial charge in [0.2, 0.25) is 0 Å². The Kier molecular flexibility index (Phi) is 6.01. The molecule has 0 spiro atoms. The molecule has 17 heavy (non-hydrogen) atoms. The SMILES string of the molecule is CC(C)Nc1ccc(COCOC(C)C)cc1. The summed E-state index contributed by atoms with van der Waals surface area (Å²) in [6.07, 6.45) is 0.215. The Labute approximate surface area is 104 Å². The van der Waals surface area contributed by atoms with Crippen LogP contribution < -0.4 is 5.32 Å². The quantitative estimate of drug-likeness (QED) is 0.582. The summed E-state index contributed by atoms with van der Waals surface area (Å²) in [6.45, 7) is 9.18. The zero-order chi connectivity index (χ0) is 12.7. The highest BCUT2D eigenvalue weighted by Crippen LogP contribution is 2.11. The van der Waals surface area contributed by atoms with Gasteiger partial charge in [0, 0.05) is 11.7 Å². The largest absolute Gasteiger partial charge is 0.383 e. The second-order valence-corrected chi connectivity index (χ2v) is 4.68. The molecule has 1 N–H and O–H groups in total. The molecule has 1 aromatic carbocycles. The van der Waals surface area contributed by atoms with Crippen LogP contribution in [0.15, 0.2) is 24.3 Å². The van der Waals surface area contributed by atoms with E-state index in [1.807, 2.05) is 13.8 Å². The third-order valence-electron chi connectivity index (χ3n) is 2.16. The van der Waals surface area contributed by atoms with Crippen molar-refractivity contribution in [3.05, 3.63) is 29.8 Å². The summed E-state index contributed by atoms with van der Waals surface area (Å²) in [5.74, 6) is 0. The van der Waals surface area contributed by atoms with E-state index in [0.717, 1.165) is 11.3 Å². The van der Waals surface area contributed by atoms with Crippen LogP contribution in [-0.2, 0) is 16.1 Å². The molecule has 0 bridgehead atoms. The molecule has 0 heterocycles. The highest BCUT2D eigenvalue weighted by atomic mass is 16.7. The van der Waals surface area contributed by atoms with Crippen molar-refractivity contribution in [1.29, 1.82) is 0 Å². The summed E-state index contributed by atoms with van der Waals surface area (Å²) in [5.41, 5.74) is 2.30. The summed E-state index contributed by atoms with van der Waals surface area (Å²) < 4.78 is 10.7. The zero-order valence-electron chi connectivity index (χ0n) is 11.2. The normalized spacial score (nSPS) is 11.2. The van der Waals surface area contributed by atoms with E-state index >= 15 is 0 Å². The first-order valence-electron chi connectivity index (χ1n) is 6.12. The minimum Gasteiger partial charge on any atom is -0.383 e. The number of ether oxygens (including phenoxy) is 2. The van der Waals surface area contributed by atoms with Crippen molar-refractivity contribution in [2.75, 3.05) is 12.1 Å². The summed E-state index contributed by atoms with van der Waals surface area (Å²) in [7, 11) is 0. The van der Waals surface area contributed by atoms with Gasteiger partial charge in [0.1, 0.15) is 6.79 Å². The Balaban J connectivity index is 2.30. The van der Waals surface area contributed by atoms with E-state index in [1.54, 1.807) is 0 Å². The van der Waals surface area contributed by atoms with Gasteiger partial charge in [-0.3, -0.25) is 0 Å². The predicted octanol–water partition coefficient (Wildman–Crippen LogP) is 3.41. The number of hydrogen-bond donors (Lipinski definition) is 1. The van der Waals surface area contributed by atoms with Crippen LogP contribution in [0.5, 0.6) is 0 Å². The van der Waals surface area contributed by atoms with Crippen LogP contribution in [0.3, 0.4) is 0 Å². The van der Waals surface area contributed by atoms with Crippen LogP contribution in [0, 0.1) is 0 Å². The molecule has 0 saturated heterocycles. The number of hydrogen-bond acceptors (Lipinski definition) is 3. The van der Waals surface area contributed by atoms with Crippen LogP contribution in [-0.4, -0.2) is 18.9 Å². The standard InChI is InChI=1S/C14H23NO2/c1-11(2)15-14-7-5-13(6-8-14)9-16-10-17-12(3)4/h5-8,11-12,15H,9-10H2,1-4H3. The molecule has 0 unspecified atom stereocenters. The van der Waals surface area contributed by atoms with Crippen LogP contribution in [0.4, 0.5) is 5.69 Å². The van der Waals surface area contributed by atoms with E-state index < -0.39 is 0 Å². The lowest BCUT2D eigenvalue weighted by Crippen LogP contribution is -2.09. The molecule has 0 radical (unpaired) electrons. The van der Waals surface area contributed by atoms with Crippen LogP contribution in [0.2, 0.25) is 0 Å². The molecule has 0 atom stereocenters. The van der Waals surface area contributed by atoms with Crippen LogP contribution >= 0.6 is 0 Å². The minimum atomic E-state index is 0.215. The third-order valence-corrected chi connectivity index (χ3v) is 2.16. The molecule has 0 fully saturated rings. The van der Waals surface area contributed by atoms with E-state index in [0.29, 0.717) is 19.4 Å². The molecule has 1 aromatic rings. The average molecular weight is 237 g/mol. The lowest BCUT2D eigenvalue weighted by atomic mass is 10.2. The maximum absolute atomic E-state index is 5.41. The maximum Gasteiger partial charge on any atom is 0.147 e. The molecule has 1 rings (SSSR count). The molecule has 3 nitrogen and oxygen atoms in total. The Morgan fingerprint density at radius 3 is 2.24 bits per heavy atom. The van der Waals surface area contributed by atoms with Crippen molar-refractivity contribution in [3.8, 4) is 0 Å². The van der Waals surface area contributed by atoms with Gasteiger partial charge in [0.25, 0.3) is 0 Å². The maximum atomic E-state index is 5.41. The summed E-state index contributed by atoms with van der Waals surface area (Å²) in [5, 5.41) is 3.35. The molecule has 0 saturated carbocycles. The van der Waals surface area contributed by atoms with Gasteiger partial charge in [-0.1, -0.05) is 12.1 Å². The van der Waals surface area contributed by atoms with Gasteiger partial charge >= 0.3 is 0 Å². The third kappa shape index (κ3) is 6.29. The second kappa shape index (κ2) is 7.30. The van der Waals surface area contributed by atoms with E-state index in [9.17, 15) is 0 Å². The van der Waals surface area contributed by atoms with E-state index in [1.165, 1.54) is 0 Å². The second-order valence-electron chi connectivity index (χ2n) is 4.68. The van der Waals surface area contributed by atoms with Crippen LogP contribution in [0.25, 0.3) is 0 Å². The highest BCUT2D eigenvalue weighted by molar-refractivity contribution is 5.45. The molecule has 0 aliphatic heterocycles. The fourth-order valence-electron chi connectivity index (χ4n) is 1.37. The smallest absolute Gasteiger partial charge is 0.147 e. The minimum absolute atomic E-state index is 0.215. The van der Waals surface area contributed by atoms with Crippen molar-refractivity contribution in [2.24, 2.45) is 0 Å². The van der Waals surface area contributed by atoms with Crippen molar-refractivity contribution >= 4 is 5.69 Å². The Hall–Kier alpha value is -1.06. The lowest BCUT2D eigenvalue weighted by molar-refractivity contribution is -0.0851. The van der Waals surface area contributed by atoms with Crippen molar-refractivity contribution in [2.45, 2.75) is 46.4 Å². The Morgan fingerprint density at radius 2 is 1.71 bits per heavy atom. The summed E-state index contributed by atoms with van der Waals surface area (Å²) >= 11 is 0. The predicted molar refractivity (Wildman–Crippen MR) is 71.1 cm³/mol. The molecular weight excluding hydrogens is 214 g/mol. The zero-order valence-corrected chi connectivity index (χ0v) is 11.2. The van der Waals surface area contributed by atoms with Gasteiger partial charge in [-0.25, -0.2) is 0 Å². The van der Waals surface area contributed by atoms with Crippen LogP contribution in [0.1, 0.15) is 33.3 Å². The fourth-order valence-corrected chi connectivity index (χ4v) is 1.37. The Bertz CT molecular complexity index is 307. The first-order valence-corrected chi connectivity index (χ1v) is 6.12. The molecule has 96 valence electrons. The average Bonchev–Trinajstić information content (AvgIpc) is 2.25. The number of anilines is 1. The van der Waals surface area contributed by atoms with Crippen molar-refractivity contribution < 1.29 is 9.47 Å². The van der Waals surface area contributed by atoms with E-state index in [2.05, 4.69) is 43.4 Å².